The molecule has 0 radical (unpaired) electrons. The van der Waals surface area contributed by atoms with Crippen LogP contribution in [0.4, 0.5) is 0 Å². The van der Waals surface area contributed by atoms with E-state index >= 15 is 0 Å². The molecule has 0 unspecified atom stereocenters. The van der Waals surface area contributed by atoms with Crippen LogP contribution in [0.15, 0.2) is 85.0 Å². The molecule has 3 aliphatic rings. The van der Waals surface area contributed by atoms with Crippen LogP contribution in [-0.2, 0) is 20.4 Å². The van der Waals surface area contributed by atoms with Crippen molar-refractivity contribution in [1.29, 1.82) is 0 Å². The van der Waals surface area contributed by atoms with Gasteiger partial charge >= 0.3 is 0 Å². The third-order valence-electron chi connectivity index (χ3n) is 9.18. The Hall–Kier alpha value is -2.05. The van der Waals surface area contributed by atoms with Gasteiger partial charge in [-0.1, -0.05) is 70.7 Å². The fraction of sp³-hybridized carbons (Fsp3) is 0.452. The summed E-state index contributed by atoms with van der Waals surface area (Å²) in [6, 6.07) is 27.9. The van der Waals surface area contributed by atoms with E-state index in [0.29, 0.717) is 0 Å². The molecule has 0 saturated heterocycles. The van der Waals surface area contributed by atoms with Crippen LogP contribution in [0.5, 0.6) is 11.5 Å². The number of rotatable bonds is 9. The minimum absolute atomic E-state index is 0. The maximum Gasteiger partial charge on any atom is 0.119 e. The molecule has 6 heteroatoms. The van der Waals surface area contributed by atoms with Gasteiger partial charge in [0.2, 0.25) is 0 Å². The van der Waals surface area contributed by atoms with Crippen molar-refractivity contribution in [2.45, 2.75) is 122 Å². The molecule has 2 saturated carbocycles. The van der Waals surface area contributed by atoms with E-state index < -0.39 is 0 Å². The number of nitrogens with two attached hydrogens (primary N) is 1. The first-order chi connectivity index (χ1) is 22.4. The van der Waals surface area contributed by atoms with Crippen molar-refractivity contribution >= 4 is 18.8 Å². The van der Waals surface area contributed by atoms with E-state index in [1.807, 2.05) is 18.2 Å². The second kappa shape index (κ2) is 20.6. The summed E-state index contributed by atoms with van der Waals surface area (Å²) in [6.07, 6.45) is 21.3. The number of hydrogen-bond donors (Lipinski definition) is 1. The quantitative estimate of drug-likeness (QED) is 0.136. The van der Waals surface area contributed by atoms with Crippen molar-refractivity contribution in [2.24, 2.45) is 5.73 Å². The summed E-state index contributed by atoms with van der Waals surface area (Å²) in [6.45, 7) is 8.42. The van der Waals surface area contributed by atoms with Crippen LogP contribution in [0, 0.1) is 12.1 Å². The maximum atomic E-state index is 6.36. The second-order valence-corrected chi connectivity index (χ2v) is 16.2. The van der Waals surface area contributed by atoms with Crippen LogP contribution in [-0.4, -0.2) is 23.5 Å². The molecule has 0 aliphatic heterocycles. The van der Waals surface area contributed by atoms with Crippen LogP contribution < -0.4 is 32.9 Å². The minimum Gasteiger partial charge on any atom is -1.00 e. The van der Waals surface area contributed by atoms with Gasteiger partial charge in [-0.3, -0.25) is 0 Å². The maximum absolute atomic E-state index is 6.36. The summed E-state index contributed by atoms with van der Waals surface area (Å²) in [4.78, 5) is 0. The minimum atomic E-state index is -0.269. The van der Waals surface area contributed by atoms with E-state index in [9.17, 15) is 0 Å². The number of hydrogen-bond acceptors (Lipinski definition) is 3. The molecule has 3 aliphatic carbocycles. The van der Waals surface area contributed by atoms with E-state index in [-0.39, 0.29) is 53.0 Å². The SMILES string of the molecule is CC(C)Oc1cccc(OC(C)C)c1-c1ccc[c-]c1P(C1CCCCC1)C1CCCCC1.N[C-]1CC=CC=C1c1ccccc1.[Cl-].[Pd]. The largest absolute Gasteiger partial charge is 1.00 e. The normalized spacial score (nSPS) is 16.8. The molecule has 0 aromatic heterocycles. The molecule has 0 bridgehead atoms. The average Bonchev–Trinajstić information content (AvgIpc) is 3.07. The van der Waals surface area contributed by atoms with E-state index in [2.05, 4.69) is 101 Å². The Morgan fingerprint density at radius 3 is 1.83 bits per heavy atom. The molecular weight excluding hydrogens is 723 g/mol. The van der Waals surface area contributed by atoms with Crippen LogP contribution in [0.2, 0.25) is 0 Å². The standard InChI is InChI=1S/C30H42O2P.C12H12N.ClH.Pd/c1-22(2)31-27-19-13-20-28(32-23(3)4)30(27)26-18-11-12-21-29(26)33(24-14-7-5-8-15-24)25-16-9-6-10-17-25;13-12-9-5-4-8-11(12)10-6-2-1-3-7-10;;/h11-13,18-20,22-25H,5-10,14-17H2,1-4H3;1-8H,9,13H2;1H;/q2*-1;;/p-1. The Balaban J connectivity index is 0.000000350. The fourth-order valence-corrected chi connectivity index (χ4v) is 11.0. The Kier molecular flexibility index (Phi) is 17.3. The molecule has 3 aromatic rings. The van der Waals surface area contributed by atoms with Crippen molar-refractivity contribution in [1.82, 2.24) is 0 Å². The Bertz CT molecular complexity index is 1380. The van der Waals surface area contributed by atoms with Crippen LogP contribution in [0.3, 0.4) is 0 Å². The fourth-order valence-electron chi connectivity index (χ4n) is 7.18. The molecule has 48 heavy (non-hydrogen) atoms. The van der Waals surface area contributed by atoms with Gasteiger partial charge in [0.05, 0.1) is 12.2 Å². The summed E-state index contributed by atoms with van der Waals surface area (Å²) in [7, 11) is -0.269. The first-order valence-corrected chi connectivity index (χ1v) is 19.2. The molecule has 3 nitrogen and oxygen atoms in total. The van der Waals surface area contributed by atoms with Gasteiger partial charge in [0, 0.05) is 26.0 Å². The topological polar surface area (TPSA) is 44.5 Å². The summed E-state index contributed by atoms with van der Waals surface area (Å²) >= 11 is 0. The van der Waals surface area contributed by atoms with Crippen LogP contribution in [0.25, 0.3) is 16.7 Å². The molecule has 0 spiro atoms. The van der Waals surface area contributed by atoms with Gasteiger partial charge in [-0.05, 0) is 83.2 Å². The third-order valence-corrected chi connectivity index (χ3v) is 12.7. The van der Waals surface area contributed by atoms with Crippen molar-refractivity contribution in [3.8, 4) is 22.6 Å². The van der Waals surface area contributed by atoms with Crippen LogP contribution >= 0.6 is 7.92 Å². The molecule has 2 N–H and O–H groups in total. The molecule has 0 amide bonds. The zero-order chi connectivity index (χ0) is 32.3. The van der Waals surface area contributed by atoms with Gasteiger partial charge in [-0.15, -0.1) is 46.8 Å². The average molecular weight is 778 g/mol. The molecule has 2 fully saturated rings. The second-order valence-electron chi connectivity index (χ2n) is 13.5. The first kappa shape index (κ1) is 40.4. The van der Waals surface area contributed by atoms with Gasteiger partial charge in [-0.2, -0.15) is 35.9 Å². The van der Waals surface area contributed by atoms with Gasteiger partial charge in [0.15, 0.2) is 0 Å². The molecule has 0 heterocycles. The Morgan fingerprint density at radius 1 is 0.750 bits per heavy atom. The van der Waals surface area contributed by atoms with Crippen molar-refractivity contribution in [2.75, 3.05) is 0 Å². The molecule has 6 rings (SSSR count). The molecule has 0 atom stereocenters. The number of ether oxygens (including phenoxy) is 2. The zero-order valence-electron chi connectivity index (χ0n) is 29.2. The molecule has 3 aromatic carbocycles. The van der Waals surface area contributed by atoms with Gasteiger partial charge in [0.1, 0.15) is 11.5 Å². The van der Waals surface area contributed by atoms with Crippen molar-refractivity contribution in [3.63, 3.8) is 0 Å². The summed E-state index contributed by atoms with van der Waals surface area (Å²) < 4.78 is 12.7. The van der Waals surface area contributed by atoms with Gasteiger partial charge in [0.25, 0.3) is 0 Å². The Labute approximate surface area is 312 Å². The van der Waals surface area contributed by atoms with E-state index in [0.717, 1.165) is 46.4 Å². The predicted molar refractivity (Wildman–Crippen MR) is 198 cm³/mol. The van der Waals surface area contributed by atoms with E-state index in [1.165, 1.54) is 80.6 Å². The van der Waals surface area contributed by atoms with E-state index in [1.54, 1.807) is 0 Å². The van der Waals surface area contributed by atoms with Gasteiger partial charge < -0.3 is 27.6 Å². The zero-order valence-corrected chi connectivity index (χ0v) is 32.4. The van der Waals surface area contributed by atoms with Gasteiger partial charge in [-0.25, -0.2) is 0 Å². The molecular formula is C42H54ClNO2PPd-3. The predicted octanol–water partition coefficient (Wildman–Crippen LogP) is 8.02. The van der Waals surface area contributed by atoms with E-state index in [4.69, 9.17) is 15.2 Å². The van der Waals surface area contributed by atoms with Crippen molar-refractivity contribution < 1.29 is 42.3 Å². The summed E-state index contributed by atoms with van der Waals surface area (Å²) in [5.74, 6) is 1.87. The molecule has 264 valence electrons. The number of benzene rings is 3. The van der Waals surface area contributed by atoms with Crippen LogP contribution in [0.1, 0.15) is 104 Å². The summed E-state index contributed by atoms with van der Waals surface area (Å²) in [5.41, 5.74) is 12.4. The smallest absolute Gasteiger partial charge is 0.119 e. The third kappa shape index (κ3) is 11.0. The van der Waals surface area contributed by atoms with Crippen molar-refractivity contribution in [3.05, 3.63) is 103 Å². The number of allylic oxidation sites excluding steroid dienone is 2. The monoisotopic (exact) mass is 776 g/mol. The first-order valence-electron chi connectivity index (χ1n) is 17.7. The Morgan fingerprint density at radius 2 is 1.31 bits per heavy atom. The number of halogens is 1. The summed E-state index contributed by atoms with van der Waals surface area (Å²) in [5, 5.41) is 1.47.